The molecular weight excluding hydrogens is 308 g/mol. The fraction of sp³-hybridized carbons (Fsp3) is 0.353. The van der Waals surface area contributed by atoms with Crippen LogP contribution in [0.25, 0.3) is 0 Å². The van der Waals surface area contributed by atoms with Crippen LogP contribution in [0.2, 0.25) is 0 Å². The zero-order chi connectivity index (χ0) is 17.0. The van der Waals surface area contributed by atoms with Gasteiger partial charge < -0.3 is 5.32 Å². The van der Waals surface area contributed by atoms with E-state index in [-0.39, 0.29) is 17.9 Å². The summed E-state index contributed by atoms with van der Waals surface area (Å²) in [5.41, 5.74) is 1.75. The van der Waals surface area contributed by atoms with Gasteiger partial charge in [0.1, 0.15) is 0 Å². The van der Waals surface area contributed by atoms with E-state index in [0.29, 0.717) is 22.7 Å². The highest BCUT2D eigenvalue weighted by Crippen LogP contribution is 2.21. The van der Waals surface area contributed by atoms with Gasteiger partial charge in [-0.05, 0) is 37.2 Å². The number of amides is 1. The minimum absolute atomic E-state index is 0.122. The van der Waals surface area contributed by atoms with Crippen LogP contribution in [0.15, 0.2) is 36.9 Å². The molecule has 2 aromatic rings. The average molecular weight is 330 g/mol. The summed E-state index contributed by atoms with van der Waals surface area (Å²) in [6.07, 6.45) is 1.76. The number of benzene rings is 1. The molecule has 2 rings (SSSR count). The molecule has 1 aromatic carbocycles. The van der Waals surface area contributed by atoms with Crippen LogP contribution in [0.5, 0.6) is 0 Å². The van der Waals surface area contributed by atoms with Gasteiger partial charge in [0.2, 0.25) is 0 Å². The maximum absolute atomic E-state index is 12.5. The first-order valence-corrected chi connectivity index (χ1v) is 7.98. The summed E-state index contributed by atoms with van der Waals surface area (Å²) in [6, 6.07) is 7.25. The molecule has 1 heterocycles. The van der Waals surface area contributed by atoms with Crippen molar-refractivity contribution in [1.82, 2.24) is 20.1 Å². The predicted octanol–water partition coefficient (Wildman–Crippen LogP) is 3.56. The Kier molecular flexibility index (Phi) is 5.50. The normalized spacial score (nSPS) is 12.2. The van der Waals surface area contributed by atoms with Crippen LogP contribution in [0.4, 0.5) is 0 Å². The lowest BCUT2D eigenvalue weighted by molar-refractivity contribution is 0.0922. The van der Waals surface area contributed by atoms with E-state index in [0.717, 1.165) is 5.56 Å². The minimum atomic E-state index is -0.239. The lowest BCUT2D eigenvalue weighted by atomic mass is 10.0. The van der Waals surface area contributed by atoms with Gasteiger partial charge in [0.25, 0.3) is 5.91 Å². The Labute approximate surface area is 141 Å². The maximum Gasteiger partial charge on any atom is 0.251 e. The second kappa shape index (κ2) is 7.37. The molecule has 1 aromatic heterocycles. The van der Waals surface area contributed by atoms with Gasteiger partial charge in [-0.15, -0.1) is 6.58 Å². The van der Waals surface area contributed by atoms with E-state index in [1.54, 1.807) is 6.08 Å². The lowest BCUT2D eigenvalue weighted by Gasteiger charge is -2.22. The van der Waals surface area contributed by atoms with Gasteiger partial charge in [0.15, 0.2) is 10.6 Å². The summed E-state index contributed by atoms with van der Waals surface area (Å²) in [5, 5.41) is 10.2. The summed E-state index contributed by atoms with van der Waals surface area (Å²) >= 11 is 5.25. The van der Waals surface area contributed by atoms with Gasteiger partial charge in [-0.1, -0.05) is 37.6 Å². The minimum Gasteiger partial charge on any atom is -0.342 e. The molecule has 0 unspecified atom stereocenters. The molecular formula is C17H22N4OS. The number of rotatable bonds is 6. The smallest absolute Gasteiger partial charge is 0.251 e. The fourth-order valence-corrected chi connectivity index (χ4v) is 2.55. The van der Waals surface area contributed by atoms with E-state index in [4.69, 9.17) is 12.2 Å². The monoisotopic (exact) mass is 330 g/mol. The van der Waals surface area contributed by atoms with Gasteiger partial charge in [-0.25, -0.2) is 0 Å². The first kappa shape index (κ1) is 17.1. The first-order valence-electron chi connectivity index (χ1n) is 7.57. The van der Waals surface area contributed by atoms with Crippen molar-refractivity contribution in [3.8, 4) is 0 Å². The van der Waals surface area contributed by atoms with E-state index < -0.39 is 0 Å². The fourth-order valence-electron chi connectivity index (χ4n) is 2.33. The summed E-state index contributed by atoms with van der Waals surface area (Å²) in [5.74, 6) is 0.756. The van der Waals surface area contributed by atoms with E-state index >= 15 is 0 Å². The van der Waals surface area contributed by atoms with Gasteiger partial charge in [-0.2, -0.15) is 5.10 Å². The molecule has 0 bridgehead atoms. The third-order valence-electron chi connectivity index (χ3n) is 3.64. The van der Waals surface area contributed by atoms with Crippen LogP contribution in [-0.2, 0) is 6.54 Å². The lowest BCUT2D eigenvalue weighted by Crippen LogP contribution is -2.33. The van der Waals surface area contributed by atoms with Gasteiger partial charge in [0, 0.05) is 12.1 Å². The zero-order valence-corrected chi connectivity index (χ0v) is 14.5. The summed E-state index contributed by atoms with van der Waals surface area (Å²) in [6.45, 7) is 10.4. The molecule has 0 spiro atoms. The number of nitrogens with zero attached hydrogens (tertiary/aromatic N) is 2. The number of nitrogens with one attached hydrogen (secondary N) is 2. The van der Waals surface area contributed by atoms with Crippen LogP contribution in [0, 0.1) is 17.6 Å². The molecule has 0 fully saturated rings. The molecule has 6 heteroatoms. The van der Waals surface area contributed by atoms with E-state index in [1.807, 2.05) is 49.6 Å². The molecule has 0 saturated heterocycles. The number of aromatic nitrogens is 3. The molecule has 5 nitrogen and oxygen atoms in total. The highest BCUT2D eigenvalue weighted by atomic mass is 32.1. The van der Waals surface area contributed by atoms with Crippen LogP contribution in [0.1, 0.15) is 41.6 Å². The number of aromatic amines is 1. The number of hydrogen-bond acceptors (Lipinski definition) is 3. The Morgan fingerprint density at radius 3 is 2.65 bits per heavy atom. The topological polar surface area (TPSA) is 62.7 Å². The summed E-state index contributed by atoms with van der Waals surface area (Å²) < 4.78 is 2.37. The number of aryl methyl sites for hydroxylation is 1. The van der Waals surface area contributed by atoms with Crippen molar-refractivity contribution in [1.29, 1.82) is 0 Å². The molecule has 1 atom stereocenters. The Morgan fingerprint density at radius 2 is 2.09 bits per heavy atom. The molecule has 2 N–H and O–H groups in total. The largest absolute Gasteiger partial charge is 0.342 e. The Bertz CT molecular complexity index is 743. The third-order valence-corrected chi connectivity index (χ3v) is 3.96. The van der Waals surface area contributed by atoms with Crippen LogP contribution >= 0.6 is 12.2 Å². The molecule has 23 heavy (non-hydrogen) atoms. The van der Waals surface area contributed by atoms with Gasteiger partial charge >= 0.3 is 0 Å². The Morgan fingerprint density at radius 1 is 1.43 bits per heavy atom. The van der Waals surface area contributed by atoms with E-state index in [9.17, 15) is 4.79 Å². The second-order valence-electron chi connectivity index (χ2n) is 5.85. The van der Waals surface area contributed by atoms with Gasteiger partial charge in [-0.3, -0.25) is 14.5 Å². The molecule has 0 aliphatic heterocycles. The quantitative estimate of drug-likeness (QED) is 0.629. The van der Waals surface area contributed by atoms with Crippen molar-refractivity contribution >= 4 is 18.1 Å². The Balaban J connectivity index is 2.29. The molecule has 0 radical (unpaired) electrons. The molecule has 122 valence electrons. The van der Waals surface area contributed by atoms with Crippen molar-refractivity contribution in [2.24, 2.45) is 5.92 Å². The highest BCUT2D eigenvalue weighted by Gasteiger charge is 2.24. The van der Waals surface area contributed by atoms with Crippen molar-refractivity contribution in [3.05, 3.63) is 58.6 Å². The summed E-state index contributed by atoms with van der Waals surface area (Å²) in [4.78, 5) is 12.5. The van der Waals surface area contributed by atoms with Crippen molar-refractivity contribution in [2.75, 3.05) is 0 Å². The number of carbonyl (C=O) groups excluding carboxylic acids is 1. The third kappa shape index (κ3) is 3.96. The standard InChI is InChI=1S/C17H22N4OS/c1-5-10-21-15(19-20-17(21)23)14(11(2)3)18-16(22)13-8-6-12(4)7-9-13/h5-9,11,14H,1,10H2,2-4H3,(H,18,22)(H,20,23)/t14-/m0/s1. The summed E-state index contributed by atoms with van der Waals surface area (Å²) in [7, 11) is 0. The molecule has 1 amide bonds. The van der Waals surface area contributed by atoms with E-state index in [1.165, 1.54) is 0 Å². The van der Waals surface area contributed by atoms with Crippen LogP contribution < -0.4 is 5.32 Å². The number of H-pyrrole nitrogens is 1. The Hall–Kier alpha value is -2.21. The van der Waals surface area contributed by atoms with Gasteiger partial charge in [0.05, 0.1) is 6.04 Å². The van der Waals surface area contributed by atoms with Crippen molar-refractivity contribution in [3.63, 3.8) is 0 Å². The zero-order valence-electron chi connectivity index (χ0n) is 13.7. The predicted molar refractivity (Wildman–Crippen MR) is 93.8 cm³/mol. The highest BCUT2D eigenvalue weighted by molar-refractivity contribution is 7.71. The van der Waals surface area contributed by atoms with Crippen LogP contribution in [-0.4, -0.2) is 20.7 Å². The first-order chi connectivity index (χ1) is 10.9. The number of allylic oxidation sites excluding steroid dienone is 1. The molecule has 0 aliphatic carbocycles. The SMILES string of the molecule is C=CCn1c([C@@H](NC(=O)c2ccc(C)cc2)C(C)C)n[nH]c1=S. The van der Waals surface area contributed by atoms with Crippen molar-refractivity contribution < 1.29 is 4.79 Å². The van der Waals surface area contributed by atoms with Crippen molar-refractivity contribution in [2.45, 2.75) is 33.4 Å². The molecule has 0 aliphatic rings. The number of carbonyl (C=O) groups is 1. The number of hydrogen-bond donors (Lipinski definition) is 2. The van der Waals surface area contributed by atoms with Crippen LogP contribution in [0.3, 0.4) is 0 Å². The second-order valence-corrected chi connectivity index (χ2v) is 6.23. The average Bonchev–Trinajstić information content (AvgIpc) is 2.86. The van der Waals surface area contributed by atoms with E-state index in [2.05, 4.69) is 22.1 Å². The molecule has 0 saturated carbocycles. The maximum atomic E-state index is 12.5.